The van der Waals surface area contributed by atoms with Gasteiger partial charge in [-0.3, -0.25) is 9.69 Å². The average molecular weight is 311 g/mol. The minimum absolute atomic E-state index is 0.186. The van der Waals surface area contributed by atoms with Crippen molar-refractivity contribution in [3.05, 3.63) is 54.1 Å². The topological polar surface area (TPSA) is 60.8 Å². The average Bonchev–Trinajstić information content (AvgIpc) is 2.56. The van der Waals surface area contributed by atoms with Crippen LogP contribution in [0, 0.1) is 5.92 Å². The maximum absolute atomic E-state index is 11.0. The van der Waals surface area contributed by atoms with Gasteiger partial charge < -0.3 is 10.2 Å². The molecular weight excluding hydrogens is 290 g/mol. The van der Waals surface area contributed by atoms with Crippen LogP contribution in [0.1, 0.15) is 18.4 Å². The summed E-state index contributed by atoms with van der Waals surface area (Å²) in [5.74, 6) is -0.584. The van der Waals surface area contributed by atoms with Gasteiger partial charge in [-0.25, -0.2) is 0 Å². The maximum Gasteiger partial charge on any atom is 0.306 e. The van der Waals surface area contributed by atoms with Gasteiger partial charge in [-0.15, -0.1) is 0 Å². The Morgan fingerprint density at radius 2 is 1.74 bits per heavy atom. The number of rotatable bonds is 4. The van der Waals surface area contributed by atoms with Crippen LogP contribution < -0.4 is 0 Å². The first-order valence-electron chi connectivity index (χ1n) is 7.95. The molecule has 1 aliphatic heterocycles. The number of phenolic OH excluding ortho intramolecular Hbond substituents is 1. The lowest BCUT2D eigenvalue weighted by Crippen LogP contribution is -2.35. The lowest BCUT2D eigenvalue weighted by Gasteiger charge is -2.30. The third kappa shape index (κ3) is 3.90. The lowest BCUT2D eigenvalue weighted by atomic mass is 9.96. The normalized spacial score (nSPS) is 16.3. The van der Waals surface area contributed by atoms with Gasteiger partial charge >= 0.3 is 5.97 Å². The number of carboxylic acid groups (broad SMARTS) is 1. The number of nitrogens with zero attached hydrogens (tertiary/aromatic N) is 1. The van der Waals surface area contributed by atoms with Gasteiger partial charge in [0.15, 0.2) is 0 Å². The number of phenols is 1. The molecule has 0 radical (unpaired) electrons. The molecule has 1 saturated heterocycles. The summed E-state index contributed by atoms with van der Waals surface area (Å²) < 4.78 is 0. The van der Waals surface area contributed by atoms with Crippen LogP contribution in [-0.2, 0) is 11.3 Å². The van der Waals surface area contributed by atoms with Crippen molar-refractivity contribution in [3.63, 3.8) is 0 Å². The van der Waals surface area contributed by atoms with Crippen molar-refractivity contribution < 1.29 is 15.0 Å². The van der Waals surface area contributed by atoms with Crippen LogP contribution in [0.5, 0.6) is 5.75 Å². The zero-order valence-electron chi connectivity index (χ0n) is 13.0. The molecule has 0 aliphatic carbocycles. The minimum Gasteiger partial charge on any atom is -0.508 e. The molecule has 23 heavy (non-hydrogen) atoms. The molecule has 3 rings (SSSR count). The third-order valence-corrected chi connectivity index (χ3v) is 4.47. The van der Waals surface area contributed by atoms with Crippen LogP contribution in [0.2, 0.25) is 0 Å². The highest BCUT2D eigenvalue weighted by atomic mass is 16.4. The molecule has 2 N–H and O–H groups in total. The summed E-state index contributed by atoms with van der Waals surface area (Å²) in [5, 5.41) is 18.4. The number of piperidine rings is 1. The van der Waals surface area contributed by atoms with Crippen LogP contribution in [0.15, 0.2) is 48.5 Å². The Balaban J connectivity index is 1.66. The molecule has 1 fully saturated rings. The monoisotopic (exact) mass is 311 g/mol. The molecule has 2 aromatic carbocycles. The van der Waals surface area contributed by atoms with E-state index >= 15 is 0 Å². The highest BCUT2D eigenvalue weighted by Gasteiger charge is 2.24. The Kier molecular flexibility index (Phi) is 4.63. The first-order valence-corrected chi connectivity index (χ1v) is 7.95. The Hall–Kier alpha value is -2.33. The van der Waals surface area contributed by atoms with Gasteiger partial charge in [0.1, 0.15) is 5.75 Å². The molecule has 120 valence electrons. The van der Waals surface area contributed by atoms with Crippen molar-refractivity contribution in [2.45, 2.75) is 19.4 Å². The van der Waals surface area contributed by atoms with Gasteiger partial charge in [-0.2, -0.15) is 0 Å². The van der Waals surface area contributed by atoms with Gasteiger partial charge in [-0.1, -0.05) is 30.3 Å². The summed E-state index contributed by atoms with van der Waals surface area (Å²) in [5.41, 5.74) is 3.43. The van der Waals surface area contributed by atoms with Crippen LogP contribution in [0.25, 0.3) is 11.1 Å². The van der Waals surface area contributed by atoms with E-state index in [2.05, 4.69) is 23.1 Å². The number of likely N-dealkylation sites (tertiary alicyclic amines) is 1. The van der Waals surface area contributed by atoms with E-state index in [0.717, 1.165) is 43.6 Å². The molecule has 0 unspecified atom stereocenters. The van der Waals surface area contributed by atoms with E-state index in [-0.39, 0.29) is 11.7 Å². The highest BCUT2D eigenvalue weighted by molar-refractivity contribution is 5.70. The fraction of sp³-hybridized carbons (Fsp3) is 0.316. The summed E-state index contributed by atoms with van der Waals surface area (Å²) in [7, 11) is 0. The molecule has 0 saturated carbocycles. The number of hydrogen-bond acceptors (Lipinski definition) is 3. The largest absolute Gasteiger partial charge is 0.508 e. The molecule has 0 spiro atoms. The van der Waals surface area contributed by atoms with Crippen molar-refractivity contribution >= 4 is 5.97 Å². The van der Waals surface area contributed by atoms with Gasteiger partial charge in [0.25, 0.3) is 0 Å². The molecule has 4 nitrogen and oxygen atoms in total. The SMILES string of the molecule is O=C(O)C1CCN(Cc2cccc(-c3ccc(O)cc3)c2)CC1. The van der Waals surface area contributed by atoms with Gasteiger partial charge in [-0.05, 0) is 60.8 Å². The van der Waals surface area contributed by atoms with Crippen LogP contribution >= 0.6 is 0 Å². The van der Waals surface area contributed by atoms with Gasteiger partial charge in [0, 0.05) is 6.54 Å². The second-order valence-electron chi connectivity index (χ2n) is 6.14. The summed E-state index contributed by atoms with van der Waals surface area (Å²) in [6.45, 7) is 2.51. The van der Waals surface area contributed by atoms with E-state index in [9.17, 15) is 9.90 Å². The Labute approximate surface area is 136 Å². The first kappa shape index (κ1) is 15.6. The van der Waals surface area contributed by atoms with Crippen LogP contribution in [-0.4, -0.2) is 34.2 Å². The summed E-state index contributed by atoms with van der Waals surface area (Å²) in [6, 6.07) is 15.6. The molecule has 2 aromatic rings. The summed E-state index contributed by atoms with van der Waals surface area (Å²) in [4.78, 5) is 13.3. The lowest BCUT2D eigenvalue weighted by molar-refractivity contribution is -0.143. The molecule has 1 heterocycles. The van der Waals surface area contributed by atoms with Crippen molar-refractivity contribution in [2.75, 3.05) is 13.1 Å². The van der Waals surface area contributed by atoms with E-state index in [1.165, 1.54) is 5.56 Å². The van der Waals surface area contributed by atoms with Gasteiger partial charge in [0.05, 0.1) is 5.92 Å². The number of carboxylic acids is 1. The highest BCUT2D eigenvalue weighted by Crippen LogP contribution is 2.24. The molecule has 0 aromatic heterocycles. The predicted molar refractivity (Wildman–Crippen MR) is 89.2 cm³/mol. The van der Waals surface area contributed by atoms with E-state index in [0.29, 0.717) is 0 Å². The van der Waals surface area contributed by atoms with Crippen molar-refractivity contribution in [3.8, 4) is 16.9 Å². The standard InChI is InChI=1S/C19H21NO3/c21-18-6-4-15(5-7-18)17-3-1-2-14(12-17)13-20-10-8-16(9-11-20)19(22)23/h1-7,12,16,21H,8-11,13H2,(H,22,23). The molecule has 4 heteroatoms. The van der Waals surface area contributed by atoms with Crippen LogP contribution in [0.4, 0.5) is 0 Å². The molecule has 1 aliphatic rings. The number of carbonyl (C=O) groups is 1. The summed E-state index contributed by atoms with van der Waals surface area (Å²) in [6.07, 6.45) is 1.46. The number of aromatic hydroxyl groups is 1. The molecule has 0 amide bonds. The molecule has 0 atom stereocenters. The van der Waals surface area contributed by atoms with E-state index in [1.54, 1.807) is 12.1 Å². The Morgan fingerprint density at radius 1 is 1.04 bits per heavy atom. The maximum atomic E-state index is 11.0. The number of aliphatic carboxylic acids is 1. The first-order chi connectivity index (χ1) is 11.1. The van der Waals surface area contributed by atoms with Crippen molar-refractivity contribution in [2.24, 2.45) is 5.92 Å². The van der Waals surface area contributed by atoms with Crippen molar-refractivity contribution in [1.82, 2.24) is 4.90 Å². The quantitative estimate of drug-likeness (QED) is 0.909. The van der Waals surface area contributed by atoms with Crippen molar-refractivity contribution in [1.29, 1.82) is 0 Å². The predicted octanol–water partition coefficient (Wildman–Crippen LogP) is 3.36. The molecular formula is C19H21NO3. The Morgan fingerprint density at radius 3 is 2.39 bits per heavy atom. The van der Waals surface area contributed by atoms with E-state index < -0.39 is 5.97 Å². The number of hydrogen-bond donors (Lipinski definition) is 2. The Bertz CT molecular complexity index is 673. The summed E-state index contributed by atoms with van der Waals surface area (Å²) >= 11 is 0. The molecule has 0 bridgehead atoms. The fourth-order valence-electron chi connectivity index (χ4n) is 3.10. The third-order valence-electron chi connectivity index (χ3n) is 4.47. The zero-order valence-corrected chi connectivity index (χ0v) is 13.0. The smallest absolute Gasteiger partial charge is 0.306 e. The van der Waals surface area contributed by atoms with Gasteiger partial charge in [0.2, 0.25) is 0 Å². The van der Waals surface area contributed by atoms with E-state index in [4.69, 9.17) is 5.11 Å². The second-order valence-corrected chi connectivity index (χ2v) is 6.14. The fourth-order valence-corrected chi connectivity index (χ4v) is 3.10. The minimum atomic E-state index is -0.668. The van der Waals surface area contributed by atoms with Crippen LogP contribution in [0.3, 0.4) is 0 Å². The second kappa shape index (κ2) is 6.84. The zero-order chi connectivity index (χ0) is 16.2. The van der Waals surface area contributed by atoms with E-state index in [1.807, 2.05) is 18.2 Å². The number of benzene rings is 2.